The summed E-state index contributed by atoms with van der Waals surface area (Å²) in [6.07, 6.45) is 1.99. The van der Waals surface area contributed by atoms with Crippen molar-refractivity contribution >= 4 is 28.4 Å². The highest BCUT2D eigenvalue weighted by molar-refractivity contribution is 6.30. The van der Waals surface area contributed by atoms with Gasteiger partial charge in [-0.05, 0) is 37.1 Å². The Morgan fingerprint density at radius 2 is 2.03 bits per heavy atom. The van der Waals surface area contributed by atoms with E-state index in [9.17, 15) is 22.8 Å². The maximum Gasteiger partial charge on any atom is 0.268 e. The molecule has 0 aliphatic heterocycles. The van der Waals surface area contributed by atoms with E-state index >= 15 is 0 Å². The van der Waals surface area contributed by atoms with Crippen LogP contribution in [0.4, 0.5) is 13.2 Å². The van der Waals surface area contributed by atoms with Crippen molar-refractivity contribution in [3.8, 4) is 0 Å². The van der Waals surface area contributed by atoms with Crippen LogP contribution in [0.15, 0.2) is 47.4 Å². The second-order valence-corrected chi connectivity index (χ2v) is 7.56. The van der Waals surface area contributed by atoms with Crippen molar-refractivity contribution in [2.75, 3.05) is 0 Å². The van der Waals surface area contributed by atoms with Crippen LogP contribution in [-0.2, 0) is 0 Å². The lowest BCUT2D eigenvalue weighted by Gasteiger charge is -2.29. The number of hydrogen-bond donors (Lipinski definition) is 2. The van der Waals surface area contributed by atoms with Crippen LogP contribution in [0.5, 0.6) is 0 Å². The molecule has 1 aliphatic carbocycles. The van der Waals surface area contributed by atoms with Gasteiger partial charge in [-0.15, -0.1) is 0 Å². The number of primary amides is 1. The SMILES string of the molecule is Fc1cccc(Cl)c1.NC(=O)c1nccc2[nH]c([C@H]3CCCC(F)(F)C3)cc(=O)c12. The van der Waals surface area contributed by atoms with Crippen LogP contribution in [-0.4, -0.2) is 21.8 Å². The molecule has 3 N–H and O–H groups in total. The number of aromatic amines is 1. The first-order valence-corrected chi connectivity index (χ1v) is 9.65. The summed E-state index contributed by atoms with van der Waals surface area (Å²) in [6, 6.07) is 8.63. The molecule has 0 radical (unpaired) electrons. The zero-order chi connectivity index (χ0) is 21.9. The number of nitrogens with zero attached hydrogens (tertiary/aromatic N) is 1. The van der Waals surface area contributed by atoms with Gasteiger partial charge >= 0.3 is 0 Å². The Labute approximate surface area is 175 Å². The molecule has 1 amide bonds. The number of aromatic nitrogens is 2. The van der Waals surface area contributed by atoms with Crippen LogP contribution >= 0.6 is 11.6 Å². The first-order valence-electron chi connectivity index (χ1n) is 9.27. The quantitative estimate of drug-likeness (QED) is 0.603. The normalized spacial score (nSPS) is 17.8. The van der Waals surface area contributed by atoms with Gasteiger partial charge in [0.15, 0.2) is 5.43 Å². The zero-order valence-electron chi connectivity index (χ0n) is 15.8. The van der Waals surface area contributed by atoms with Gasteiger partial charge in [0.25, 0.3) is 5.91 Å². The van der Waals surface area contributed by atoms with E-state index in [4.69, 9.17) is 17.3 Å². The second kappa shape index (κ2) is 8.87. The highest BCUT2D eigenvalue weighted by Gasteiger charge is 2.37. The number of pyridine rings is 2. The van der Waals surface area contributed by atoms with Crippen molar-refractivity contribution in [2.45, 2.75) is 37.5 Å². The molecule has 1 saturated carbocycles. The molecule has 158 valence electrons. The minimum absolute atomic E-state index is 0.0984. The molecular formula is C21H19ClF3N3O2. The minimum atomic E-state index is -2.70. The van der Waals surface area contributed by atoms with Crippen LogP contribution in [0.25, 0.3) is 10.9 Å². The van der Waals surface area contributed by atoms with Gasteiger partial charge in [-0.1, -0.05) is 17.7 Å². The molecule has 3 aromatic rings. The van der Waals surface area contributed by atoms with Crippen molar-refractivity contribution < 1.29 is 18.0 Å². The Bertz CT molecular complexity index is 1120. The first-order chi connectivity index (χ1) is 14.2. The highest BCUT2D eigenvalue weighted by Crippen LogP contribution is 2.41. The number of rotatable bonds is 2. The van der Waals surface area contributed by atoms with Crippen LogP contribution in [0, 0.1) is 5.82 Å². The molecule has 5 nitrogen and oxygen atoms in total. The predicted octanol–water partition coefficient (Wildman–Crippen LogP) is 4.79. The Morgan fingerprint density at radius 3 is 2.63 bits per heavy atom. The Morgan fingerprint density at radius 1 is 1.27 bits per heavy atom. The standard InChI is InChI=1S/C15H15F2N3O2.C6H4ClF/c16-15(17)4-1-2-8(7-15)10-6-11(21)12-9(20-10)3-5-19-13(12)14(18)22;7-5-2-1-3-6(8)4-5/h3,5-6,8H,1-2,4,7H2,(H2,18,22)(H,20,21);1-4H/t8-;/m0./s1. The third kappa shape index (κ3) is 5.18. The molecule has 1 aromatic carbocycles. The summed E-state index contributed by atoms with van der Waals surface area (Å²) >= 11 is 5.40. The number of carbonyl (C=O) groups is 1. The zero-order valence-corrected chi connectivity index (χ0v) is 16.6. The van der Waals surface area contributed by atoms with Gasteiger partial charge in [0.2, 0.25) is 5.92 Å². The van der Waals surface area contributed by atoms with E-state index < -0.39 is 23.2 Å². The number of fused-ring (bicyclic) bond motifs is 1. The molecule has 0 spiro atoms. The lowest BCUT2D eigenvalue weighted by molar-refractivity contribution is -0.0412. The maximum absolute atomic E-state index is 13.6. The van der Waals surface area contributed by atoms with Gasteiger partial charge in [0.1, 0.15) is 11.5 Å². The number of halogens is 4. The van der Waals surface area contributed by atoms with Crippen molar-refractivity contribution in [1.82, 2.24) is 9.97 Å². The van der Waals surface area contributed by atoms with E-state index in [0.717, 1.165) is 0 Å². The van der Waals surface area contributed by atoms with Gasteiger partial charge in [-0.25, -0.2) is 13.2 Å². The third-order valence-corrected chi connectivity index (χ3v) is 5.10. The summed E-state index contributed by atoms with van der Waals surface area (Å²) in [5.74, 6) is -4.19. The summed E-state index contributed by atoms with van der Waals surface area (Å²) in [7, 11) is 0. The van der Waals surface area contributed by atoms with Gasteiger partial charge in [0.05, 0.1) is 10.9 Å². The Kier molecular flexibility index (Phi) is 6.45. The fourth-order valence-electron chi connectivity index (χ4n) is 3.52. The molecule has 1 aliphatic rings. The summed E-state index contributed by atoms with van der Waals surface area (Å²) < 4.78 is 39.2. The largest absolute Gasteiger partial charge is 0.364 e. The molecule has 4 rings (SSSR count). The number of hydrogen-bond acceptors (Lipinski definition) is 3. The van der Waals surface area contributed by atoms with E-state index in [1.54, 1.807) is 12.1 Å². The van der Waals surface area contributed by atoms with Crippen LogP contribution in [0.3, 0.4) is 0 Å². The predicted molar refractivity (Wildman–Crippen MR) is 108 cm³/mol. The lowest BCUT2D eigenvalue weighted by atomic mass is 9.84. The Balaban J connectivity index is 0.000000269. The molecule has 9 heteroatoms. The van der Waals surface area contributed by atoms with Crippen molar-refractivity contribution in [3.05, 3.63) is 75.0 Å². The maximum atomic E-state index is 13.6. The van der Waals surface area contributed by atoms with Crippen LogP contribution in [0.2, 0.25) is 5.02 Å². The molecule has 2 aromatic heterocycles. The van der Waals surface area contributed by atoms with Gasteiger partial charge in [-0.2, -0.15) is 0 Å². The van der Waals surface area contributed by atoms with E-state index in [1.807, 2.05) is 0 Å². The van der Waals surface area contributed by atoms with Gasteiger partial charge in [-0.3, -0.25) is 14.6 Å². The molecule has 1 fully saturated rings. The summed E-state index contributed by atoms with van der Waals surface area (Å²) in [5, 5.41) is 0.534. The van der Waals surface area contributed by atoms with Crippen molar-refractivity contribution in [3.63, 3.8) is 0 Å². The molecule has 0 bridgehead atoms. The topological polar surface area (TPSA) is 88.8 Å². The average molecular weight is 438 g/mol. The summed E-state index contributed by atoms with van der Waals surface area (Å²) in [6.45, 7) is 0. The fourth-order valence-corrected chi connectivity index (χ4v) is 3.70. The van der Waals surface area contributed by atoms with Crippen molar-refractivity contribution in [2.24, 2.45) is 5.73 Å². The number of H-pyrrole nitrogens is 1. The number of carbonyl (C=O) groups excluding carboxylic acids is 1. The van der Waals surface area contributed by atoms with Gasteiger partial charge in [0, 0.05) is 41.7 Å². The smallest absolute Gasteiger partial charge is 0.268 e. The fraction of sp³-hybridized carbons (Fsp3) is 0.286. The monoisotopic (exact) mass is 437 g/mol. The Hall–Kier alpha value is -2.87. The van der Waals surface area contributed by atoms with Gasteiger partial charge < -0.3 is 10.7 Å². The lowest BCUT2D eigenvalue weighted by Crippen LogP contribution is -2.26. The molecular weight excluding hydrogens is 419 g/mol. The van der Waals surface area contributed by atoms with E-state index in [2.05, 4.69) is 9.97 Å². The summed E-state index contributed by atoms with van der Waals surface area (Å²) in [4.78, 5) is 30.4. The highest BCUT2D eigenvalue weighted by atomic mass is 35.5. The van der Waals surface area contributed by atoms with E-state index in [1.165, 1.54) is 30.5 Å². The van der Waals surface area contributed by atoms with Crippen LogP contribution in [0.1, 0.15) is 47.8 Å². The average Bonchev–Trinajstić information content (AvgIpc) is 2.67. The third-order valence-electron chi connectivity index (χ3n) is 4.86. The number of nitrogens with one attached hydrogen (secondary N) is 1. The van der Waals surface area contributed by atoms with Crippen molar-refractivity contribution in [1.29, 1.82) is 0 Å². The minimum Gasteiger partial charge on any atom is -0.364 e. The van der Waals surface area contributed by atoms with E-state index in [0.29, 0.717) is 29.1 Å². The van der Waals surface area contributed by atoms with E-state index in [-0.39, 0.29) is 29.7 Å². The molecule has 0 saturated heterocycles. The number of benzene rings is 1. The van der Waals surface area contributed by atoms with Crippen LogP contribution < -0.4 is 11.2 Å². The molecule has 0 unspecified atom stereocenters. The number of alkyl halides is 2. The number of nitrogens with two attached hydrogens (primary N) is 1. The second-order valence-electron chi connectivity index (χ2n) is 7.12. The molecule has 30 heavy (non-hydrogen) atoms. The number of amides is 1. The molecule has 2 heterocycles. The molecule has 1 atom stereocenters. The first kappa shape index (κ1) is 21.8. The summed E-state index contributed by atoms with van der Waals surface area (Å²) in [5.41, 5.74) is 5.53.